The first kappa shape index (κ1) is 14.7. The molecule has 0 aliphatic carbocycles. The van der Waals surface area contributed by atoms with Crippen molar-refractivity contribution in [2.24, 2.45) is 0 Å². The van der Waals surface area contributed by atoms with Crippen molar-refractivity contribution in [1.82, 2.24) is 4.90 Å². The maximum atomic E-state index is 11.8. The van der Waals surface area contributed by atoms with Gasteiger partial charge in [-0.05, 0) is 25.5 Å². The van der Waals surface area contributed by atoms with Crippen molar-refractivity contribution >= 4 is 23.8 Å². The molecule has 1 amide bonds. The second kappa shape index (κ2) is 6.65. The van der Waals surface area contributed by atoms with Crippen LogP contribution in [0, 0.1) is 0 Å². The van der Waals surface area contributed by atoms with Gasteiger partial charge in [0, 0.05) is 16.7 Å². The zero-order valence-corrected chi connectivity index (χ0v) is 12.0. The van der Waals surface area contributed by atoms with Gasteiger partial charge in [0.1, 0.15) is 6.04 Å². The molecule has 1 heterocycles. The van der Waals surface area contributed by atoms with Crippen LogP contribution in [-0.2, 0) is 9.53 Å². The standard InChI is InChI=1S/C14H17NO4S/c1-2-19-14(18)15-9-11(8-12(15)13(16)17)20-10-6-4-3-5-7-10/h3-7,11-12H,2,8-9H2,1H3,(H,16,17). The Morgan fingerprint density at radius 2 is 2.10 bits per heavy atom. The van der Waals surface area contributed by atoms with E-state index in [1.807, 2.05) is 30.3 Å². The highest BCUT2D eigenvalue weighted by Gasteiger charge is 2.40. The van der Waals surface area contributed by atoms with E-state index >= 15 is 0 Å². The molecular formula is C14H17NO4S. The monoisotopic (exact) mass is 295 g/mol. The number of ether oxygens (including phenoxy) is 1. The summed E-state index contributed by atoms with van der Waals surface area (Å²) >= 11 is 1.60. The number of hydrogen-bond donors (Lipinski definition) is 1. The van der Waals surface area contributed by atoms with E-state index in [-0.39, 0.29) is 11.9 Å². The molecule has 2 unspecified atom stereocenters. The molecule has 2 rings (SSSR count). The highest BCUT2D eigenvalue weighted by Crippen LogP contribution is 2.33. The van der Waals surface area contributed by atoms with Gasteiger partial charge in [-0.15, -0.1) is 11.8 Å². The van der Waals surface area contributed by atoms with E-state index < -0.39 is 18.1 Å². The number of carbonyl (C=O) groups is 2. The number of thioether (sulfide) groups is 1. The third-order valence-electron chi connectivity index (χ3n) is 3.10. The summed E-state index contributed by atoms with van der Waals surface area (Å²) in [7, 11) is 0. The van der Waals surface area contributed by atoms with Crippen LogP contribution in [0.1, 0.15) is 13.3 Å². The summed E-state index contributed by atoms with van der Waals surface area (Å²) in [6.45, 7) is 2.35. The van der Waals surface area contributed by atoms with Crippen molar-refractivity contribution in [2.75, 3.05) is 13.2 Å². The number of benzene rings is 1. The van der Waals surface area contributed by atoms with E-state index in [9.17, 15) is 14.7 Å². The first-order chi connectivity index (χ1) is 9.61. The van der Waals surface area contributed by atoms with Gasteiger partial charge in [0.2, 0.25) is 0 Å². The lowest BCUT2D eigenvalue weighted by Crippen LogP contribution is -2.40. The SMILES string of the molecule is CCOC(=O)N1CC(Sc2ccccc2)CC1C(=O)O. The Balaban J connectivity index is 2.04. The maximum absolute atomic E-state index is 11.8. The highest BCUT2D eigenvalue weighted by molar-refractivity contribution is 8.00. The van der Waals surface area contributed by atoms with Crippen molar-refractivity contribution in [2.45, 2.75) is 29.5 Å². The van der Waals surface area contributed by atoms with Crippen molar-refractivity contribution in [1.29, 1.82) is 0 Å². The Hall–Kier alpha value is -1.69. The van der Waals surface area contributed by atoms with Crippen LogP contribution in [-0.4, -0.2) is 46.5 Å². The fourth-order valence-corrected chi connectivity index (χ4v) is 3.43. The van der Waals surface area contributed by atoms with Crippen LogP contribution >= 0.6 is 11.8 Å². The third-order valence-corrected chi connectivity index (χ3v) is 4.32. The van der Waals surface area contributed by atoms with Gasteiger partial charge in [0.05, 0.1) is 6.61 Å². The fourth-order valence-electron chi connectivity index (χ4n) is 2.22. The van der Waals surface area contributed by atoms with Gasteiger partial charge in [-0.2, -0.15) is 0 Å². The second-order valence-electron chi connectivity index (χ2n) is 4.49. The minimum absolute atomic E-state index is 0.0721. The zero-order valence-electron chi connectivity index (χ0n) is 11.2. The number of aliphatic carboxylic acids is 1. The van der Waals surface area contributed by atoms with E-state index in [1.54, 1.807) is 18.7 Å². The average Bonchev–Trinajstić information content (AvgIpc) is 2.84. The number of hydrogen-bond acceptors (Lipinski definition) is 4. The summed E-state index contributed by atoms with van der Waals surface area (Å²) in [5.41, 5.74) is 0. The summed E-state index contributed by atoms with van der Waals surface area (Å²) in [4.78, 5) is 25.4. The minimum Gasteiger partial charge on any atom is -0.480 e. The molecule has 0 bridgehead atoms. The van der Waals surface area contributed by atoms with Crippen LogP contribution in [0.15, 0.2) is 35.2 Å². The fraction of sp³-hybridized carbons (Fsp3) is 0.429. The van der Waals surface area contributed by atoms with E-state index in [0.717, 1.165) is 4.90 Å². The van der Waals surface area contributed by atoms with Gasteiger partial charge in [-0.25, -0.2) is 9.59 Å². The van der Waals surface area contributed by atoms with Gasteiger partial charge in [0.25, 0.3) is 0 Å². The molecule has 0 radical (unpaired) electrons. The van der Waals surface area contributed by atoms with Crippen LogP contribution in [0.5, 0.6) is 0 Å². The largest absolute Gasteiger partial charge is 0.480 e. The number of likely N-dealkylation sites (tertiary alicyclic amines) is 1. The van der Waals surface area contributed by atoms with Crippen LogP contribution < -0.4 is 0 Å². The Morgan fingerprint density at radius 3 is 2.70 bits per heavy atom. The molecule has 1 aliphatic rings. The first-order valence-corrected chi connectivity index (χ1v) is 7.37. The lowest BCUT2D eigenvalue weighted by molar-refractivity contribution is -0.141. The predicted octanol–water partition coefficient (Wildman–Crippen LogP) is 2.46. The topological polar surface area (TPSA) is 66.8 Å². The zero-order chi connectivity index (χ0) is 14.5. The van der Waals surface area contributed by atoms with Crippen molar-refractivity contribution < 1.29 is 19.4 Å². The number of carboxylic acid groups (broad SMARTS) is 1. The van der Waals surface area contributed by atoms with Gasteiger partial charge in [0.15, 0.2) is 0 Å². The number of rotatable bonds is 4. The summed E-state index contributed by atoms with van der Waals surface area (Å²) in [5.74, 6) is -0.978. The number of carboxylic acids is 1. The molecule has 0 aromatic heterocycles. The molecule has 0 saturated carbocycles. The van der Waals surface area contributed by atoms with E-state index in [0.29, 0.717) is 13.0 Å². The quantitative estimate of drug-likeness (QED) is 0.924. The van der Waals surface area contributed by atoms with E-state index in [2.05, 4.69) is 0 Å². The van der Waals surface area contributed by atoms with E-state index in [4.69, 9.17) is 4.74 Å². The van der Waals surface area contributed by atoms with Gasteiger partial charge in [-0.1, -0.05) is 18.2 Å². The third kappa shape index (κ3) is 3.45. The number of nitrogens with zero attached hydrogens (tertiary/aromatic N) is 1. The van der Waals surface area contributed by atoms with Crippen LogP contribution in [0.4, 0.5) is 4.79 Å². The van der Waals surface area contributed by atoms with Gasteiger partial charge >= 0.3 is 12.1 Å². The Kier molecular flexibility index (Phi) is 4.89. The van der Waals surface area contributed by atoms with Crippen molar-refractivity contribution in [3.05, 3.63) is 30.3 Å². The molecular weight excluding hydrogens is 278 g/mol. The summed E-state index contributed by atoms with van der Waals surface area (Å²) in [6.07, 6.45) is -0.107. The lowest BCUT2D eigenvalue weighted by atomic mass is 10.2. The Labute approximate surface area is 121 Å². The van der Waals surface area contributed by atoms with Gasteiger partial charge in [-0.3, -0.25) is 4.90 Å². The van der Waals surface area contributed by atoms with E-state index in [1.165, 1.54) is 4.90 Å². The summed E-state index contributed by atoms with van der Waals surface area (Å²) < 4.78 is 4.92. The second-order valence-corrected chi connectivity index (χ2v) is 5.87. The molecule has 1 N–H and O–H groups in total. The Morgan fingerprint density at radius 1 is 1.40 bits per heavy atom. The summed E-state index contributed by atoms with van der Waals surface area (Å²) in [6, 6.07) is 8.98. The molecule has 1 aliphatic heterocycles. The van der Waals surface area contributed by atoms with Crippen molar-refractivity contribution in [3.63, 3.8) is 0 Å². The minimum atomic E-state index is -0.978. The molecule has 1 aromatic rings. The molecule has 0 spiro atoms. The maximum Gasteiger partial charge on any atom is 0.410 e. The molecule has 108 valence electrons. The molecule has 20 heavy (non-hydrogen) atoms. The molecule has 5 nitrogen and oxygen atoms in total. The van der Waals surface area contributed by atoms with Crippen LogP contribution in [0.3, 0.4) is 0 Å². The van der Waals surface area contributed by atoms with Crippen molar-refractivity contribution in [3.8, 4) is 0 Å². The lowest BCUT2D eigenvalue weighted by Gasteiger charge is -2.20. The Bertz CT molecular complexity index is 479. The smallest absolute Gasteiger partial charge is 0.410 e. The first-order valence-electron chi connectivity index (χ1n) is 6.49. The predicted molar refractivity (Wildman–Crippen MR) is 75.9 cm³/mol. The molecule has 6 heteroatoms. The van der Waals surface area contributed by atoms with Crippen LogP contribution in [0.2, 0.25) is 0 Å². The average molecular weight is 295 g/mol. The normalized spacial score (nSPS) is 21.8. The molecule has 2 atom stereocenters. The number of amides is 1. The van der Waals surface area contributed by atoms with Crippen LogP contribution in [0.25, 0.3) is 0 Å². The molecule has 1 aromatic carbocycles. The molecule has 1 saturated heterocycles. The van der Waals surface area contributed by atoms with Gasteiger partial charge < -0.3 is 9.84 Å². The summed E-state index contributed by atoms with van der Waals surface area (Å²) in [5, 5.41) is 9.30. The number of carbonyl (C=O) groups excluding carboxylic acids is 1. The molecule has 1 fully saturated rings. The highest BCUT2D eigenvalue weighted by atomic mass is 32.2.